The van der Waals surface area contributed by atoms with Crippen molar-refractivity contribution in [2.45, 2.75) is 19.3 Å². The minimum Gasteiger partial charge on any atom is -0.368 e. The van der Waals surface area contributed by atoms with Crippen molar-refractivity contribution in [1.29, 1.82) is 0 Å². The maximum absolute atomic E-state index is 12.7. The van der Waals surface area contributed by atoms with Crippen LogP contribution < -0.4 is 15.5 Å². The van der Waals surface area contributed by atoms with Gasteiger partial charge in [0.25, 0.3) is 0 Å². The second-order valence-electron chi connectivity index (χ2n) is 11.3. The van der Waals surface area contributed by atoms with Crippen LogP contribution in [0, 0.1) is 5.92 Å². The molecular formula is C31H35N9O. The number of hydrogen-bond donors (Lipinski definition) is 4. The smallest absolute Gasteiger partial charge is 0.224 e. The zero-order chi connectivity index (χ0) is 27.8. The van der Waals surface area contributed by atoms with E-state index in [2.05, 4.69) is 83.0 Å². The Bertz CT molecular complexity index is 1690. The monoisotopic (exact) mass is 549 g/mol. The number of piperazine rings is 1. The Kier molecular flexibility index (Phi) is 6.85. The number of nitrogens with one attached hydrogen (secondary N) is 4. The fourth-order valence-corrected chi connectivity index (χ4v) is 6.08. The molecule has 0 aliphatic carbocycles. The molecule has 0 bridgehead atoms. The Morgan fingerprint density at radius 3 is 2.68 bits per heavy atom. The van der Waals surface area contributed by atoms with E-state index in [1.54, 1.807) is 12.4 Å². The van der Waals surface area contributed by atoms with Crippen molar-refractivity contribution in [3.05, 3.63) is 55.0 Å². The largest absolute Gasteiger partial charge is 0.368 e. The number of anilines is 2. The molecule has 10 heteroatoms. The predicted octanol–water partition coefficient (Wildman–Crippen LogP) is 4.25. The topological polar surface area (TPSA) is 118 Å². The highest BCUT2D eigenvalue weighted by atomic mass is 16.1. The van der Waals surface area contributed by atoms with Gasteiger partial charge in [-0.3, -0.25) is 14.9 Å². The van der Waals surface area contributed by atoms with Crippen LogP contribution in [0.5, 0.6) is 0 Å². The number of H-pyrrole nitrogens is 2. The van der Waals surface area contributed by atoms with Gasteiger partial charge in [-0.2, -0.15) is 5.10 Å². The average Bonchev–Trinajstić information content (AvgIpc) is 3.62. The molecule has 6 heterocycles. The summed E-state index contributed by atoms with van der Waals surface area (Å²) in [4.78, 5) is 30.2. The van der Waals surface area contributed by atoms with Crippen molar-refractivity contribution in [3.8, 4) is 22.5 Å². The highest BCUT2D eigenvalue weighted by Crippen LogP contribution is 2.34. The van der Waals surface area contributed by atoms with Crippen LogP contribution in [0.15, 0.2) is 55.0 Å². The molecule has 2 aliphatic rings. The van der Waals surface area contributed by atoms with E-state index in [0.29, 0.717) is 18.0 Å². The molecule has 7 rings (SSSR count). The molecule has 2 aliphatic heterocycles. The number of pyridine rings is 2. The summed E-state index contributed by atoms with van der Waals surface area (Å²) in [5.74, 6) is 0.470. The number of carbonyl (C=O) groups excluding carboxylic acids is 1. The van der Waals surface area contributed by atoms with Gasteiger partial charge in [-0.1, -0.05) is 6.07 Å². The number of fused-ring (bicyclic) bond motifs is 2. The van der Waals surface area contributed by atoms with Gasteiger partial charge < -0.3 is 25.4 Å². The highest BCUT2D eigenvalue weighted by Gasteiger charge is 2.20. The fourth-order valence-electron chi connectivity index (χ4n) is 6.08. The third-order valence-corrected chi connectivity index (χ3v) is 8.44. The van der Waals surface area contributed by atoms with Gasteiger partial charge in [-0.25, -0.2) is 4.98 Å². The molecule has 0 saturated carbocycles. The molecule has 1 amide bonds. The van der Waals surface area contributed by atoms with E-state index in [0.717, 1.165) is 91.2 Å². The molecule has 4 aromatic heterocycles. The van der Waals surface area contributed by atoms with Crippen LogP contribution in [0.2, 0.25) is 0 Å². The minimum atomic E-state index is 0.0382. The third kappa shape index (κ3) is 5.28. The second-order valence-corrected chi connectivity index (χ2v) is 11.3. The van der Waals surface area contributed by atoms with Gasteiger partial charge in [0.15, 0.2) is 5.65 Å². The van der Waals surface area contributed by atoms with Crippen LogP contribution in [0.1, 0.15) is 19.3 Å². The van der Waals surface area contributed by atoms with E-state index in [1.165, 1.54) is 11.1 Å². The van der Waals surface area contributed by atoms with Gasteiger partial charge in [-0.15, -0.1) is 0 Å². The van der Waals surface area contributed by atoms with Gasteiger partial charge in [0, 0.05) is 78.1 Å². The Morgan fingerprint density at radius 1 is 1.00 bits per heavy atom. The summed E-state index contributed by atoms with van der Waals surface area (Å²) in [7, 11) is 2.18. The van der Waals surface area contributed by atoms with Crippen LogP contribution in [-0.4, -0.2) is 82.3 Å². The molecule has 2 fully saturated rings. The lowest BCUT2D eigenvalue weighted by molar-refractivity contribution is -0.117. The van der Waals surface area contributed by atoms with Crippen LogP contribution >= 0.6 is 0 Å². The Balaban J connectivity index is 1.16. The molecular weight excluding hydrogens is 514 g/mol. The SMILES string of the molecule is CN1CCN(c2cccc3[nH]c(-c4n[nH]c5ncc(-c6cncc(NC(=O)CC7CCNCC7)c6)cc45)cc23)CC1. The first-order valence-electron chi connectivity index (χ1n) is 14.5. The van der Waals surface area contributed by atoms with Crippen molar-refractivity contribution in [2.75, 3.05) is 56.5 Å². The first-order valence-corrected chi connectivity index (χ1v) is 14.5. The fraction of sp³-hybridized carbons (Fsp3) is 0.355. The Morgan fingerprint density at radius 2 is 1.83 bits per heavy atom. The number of aromatic nitrogens is 5. The molecule has 0 radical (unpaired) electrons. The molecule has 0 unspecified atom stereocenters. The maximum atomic E-state index is 12.7. The van der Waals surface area contributed by atoms with Crippen molar-refractivity contribution >= 4 is 39.2 Å². The molecule has 10 nitrogen and oxygen atoms in total. The number of benzene rings is 1. The van der Waals surface area contributed by atoms with Crippen LogP contribution in [0.4, 0.5) is 11.4 Å². The van der Waals surface area contributed by atoms with E-state index in [9.17, 15) is 4.79 Å². The van der Waals surface area contributed by atoms with E-state index in [1.807, 2.05) is 12.3 Å². The van der Waals surface area contributed by atoms with E-state index < -0.39 is 0 Å². The molecule has 5 aromatic rings. The molecule has 4 N–H and O–H groups in total. The van der Waals surface area contributed by atoms with Gasteiger partial charge in [-0.05, 0) is 69.2 Å². The zero-order valence-corrected chi connectivity index (χ0v) is 23.3. The lowest BCUT2D eigenvalue weighted by Crippen LogP contribution is -2.44. The summed E-state index contributed by atoms with van der Waals surface area (Å²) in [6.07, 6.45) is 7.94. The number of likely N-dealkylation sites (N-methyl/N-ethyl adjacent to an activating group) is 1. The molecule has 41 heavy (non-hydrogen) atoms. The van der Waals surface area contributed by atoms with Crippen molar-refractivity contribution in [3.63, 3.8) is 0 Å². The van der Waals surface area contributed by atoms with Gasteiger partial charge in [0.05, 0.1) is 17.6 Å². The molecule has 1 aromatic carbocycles. The quantitative estimate of drug-likeness (QED) is 0.250. The Hall–Kier alpha value is -4.28. The summed E-state index contributed by atoms with van der Waals surface area (Å²) >= 11 is 0. The second kappa shape index (κ2) is 10.9. The lowest BCUT2D eigenvalue weighted by Gasteiger charge is -2.34. The predicted molar refractivity (Wildman–Crippen MR) is 163 cm³/mol. The highest BCUT2D eigenvalue weighted by molar-refractivity contribution is 6.00. The van der Waals surface area contributed by atoms with Crippen LogP contribution in [-0.2, 0) is 4.79 Å². The van der Waals surface area contributed by atoms with Crippen LogP contribution in [0.25, 0.3) is 44.5 Å². The van der Waals surface area contributed by atoms with Crippen molar-refractivity contribution in [2.24, 2.45) is 5.92 Å². The van der Waals surface area contributed by atoms with Crippen LogP contribution in [0.3, 0.4) is 0 Å². The minimum absolute atomic E-state index is 0.0382. The summed E-state index contributed by atoms with van der Waals surface area (Å²) in [5.41, 5.74) is 7.34. The van der Waals surface area contributed by atoms with E-state index in [-0.39, 0.29) is 5.91 Å². The maximum Gasteiger partial charge on any atom is 0.224 e. The first kappa shape index (κ1) is 25.7. The molecule has 0 spiro atoms. The van der Waals surface area contributed by atoms with Gasteiger partial charge >= 0.3 is 0 Å². The van der Waals surface area contributed by atoms with Gasteiger partial charge in [0.1, 0.15) is 5.69 Å². The Labute approximate surface area is 238 Å². The lowest BCUT2D eigenvalue weighted by atomic mass is 9.94. The number of piperidine rings is 1. The van der Waals surface area contributed by atoms with Gasteiger partial charge in [0.2, 0.25) is 5.91 Å². The van der Waals surface area contributed by atoms with Crippen molar-refractivity contribution < 1.29 is 4.79 Å². The summed E-state index contributed by atoms with van der Waals surface area (Å²) < 4.78 is 0. The number of rotatable bonds is 6. The number of carbonyl (C=O) groups is 1. The number of aromatic amines is 2. The molecule has 2 saturated heterocycles. The average molecular weight is 550 g/mol. The number of amides is 1. The van der Waals surface area contributed by atoms with Crippen molar-refractivity contribution in [1.82, 2.24) is 35.4 Å². The zero-order valence-electron chi connectivity index (χ0n) is 23.3. The first-order chi connectivity index (χ1) is 20.1. The normalized spacial score (nSPS) is 17.0. The summed E-state index contributed by atoms with van der Waals surface area (Å²) in [6.45, 7) is 6.11. The van der Waals surface area contributed by atoms with E-state index in [4.69, 9.17) is 0 Å². The van der Waals surface area contributed by atoms with E-state index >= 15 is 0 Å². The molecule has 0 atom stereocenters. The number of nitrogens with zero attached hydrogens (tertiary/aromatic N) is 5. The summed E-state index contributed by atoms with van der Waals surface area (Å²) in [6, 6.07) is 12.7. The standard InChI is InChI=1S/C31H35N9O/c1-39-9-11-40(12-10-39)28-4-2-3-26-24(28)16-27(36-26)30-25-15-22(18-34-31(25)38-37-30)21-14-23(19-33-17-21)35-29(41)13-20-5-7-32-8-6-20/h2-4,14-20,32,36H,5-13H2,1H3,(H,35,41)(H,34,37,38). The summed E-state index contributed by atoms with van der Waals surface area (Å²) in [5, 5.41) is 16.3. The molecule has 210 valence electrons. The third-order valence-electron chi connectivity index (χ3n) is 8.44. The number of hydrogen-bond acceptors (Lipinski definition) is 7.